The van der Waals surface area contributed by atoms with Crippen LogP contribution in [-0.2, 0) is 0 Å². The summed E-state index contributed by atoms with van der Waals surface area (Å²) in [5.41, 5.74) is 9.69. The third-order valence-corrected chi connectivity index (χ3v) is 13.7. The minimum absolute atomic E-state index is 0.474. The van der Waals surface area contributed by atoms with Gasteiger partial charge >= 0.3 is 0 Å². The van der Waals surface area contributed by atoms with Crippen molar-refractivity contribution in [1.82, 2.24) is 13.7 Å². The Bertz CT molecular complexity index is 4050. The lowest BCUT2D eigenvalue weighted by Gasteiger charge is -2.16. The molecular weight excluding hydrogens is 751 g/mol. The van der Waals surface area contributed by atoms with E-state index in [1.165, 1.54) is 26.2 Å². The summed E-state index contributed by atoms with van der Waals surface area (Å²) in [7, 11) is 0. The van der Waals surface area contributed by atoms with Gasteiger partial charge < -0.3 is 13.7 Å². The molecule has 13 aromatic rings. The van der Waals surface area contributed by atoms with Crippen molar-refractivity contribution in [2.45, 2.75) is 0 Å². The van der Waals surface area contributed by atoms with E-state index in [9.17, 15) is 5.26 Å². The number of hydrogen-bond donors (Lipinski definition) is 0. The Labute approximate surface area is 346 Å². The number of benzene rings is 9. The van der Waals surface area contributed by atoms with Crippen LogP contribution in [-0.4, -0.2) is 13.7 Å². The van der Waals surface area contributed by atoms with Crippen molar-refractivity contribution in [1.29, 1.82) is 5.26 Å². The second kappa shape index (κ2) is 12.2. The molecule has 0 unspecified atom stereocenters. The van der Waals surface area contributed by atoms with Crippen molar-refractivity contribution in [3.05, 3.63) is 193 Å². The maximum atomic E-state index is 11.1. The molecule has 4 aromatic heterocycles. The first kappa shape index (κ1) is 32.9. The second-order valence-corrected chi connectivity index (χ2v) is 16.5. The number of nitrogens with zero attached hydrogens (tertiary/aromatic N) is 5. The third kappa shape index (κ3) is 4.32. The van der Waals surface area contributed by atoms with Crippen molar-refractivity contribution < 1.29 is 0 Å². The largest absolute Gasteiger partial charge is 0.318 e. The smallest absolute Gasteiger partial charge is 0.212 e. The topological polar surface area (TPSA) is 42.9 Å². The molecule has 0 amide bonds. The van der Waals surface area contributed by atoms with Gasteiger partial charge in [0.15, 0.2) is 0 Å². The van der Waals surface area contributed by atoms with Gasteiger partial charge in [-0.05, 0) is 71.4 Å². The summed E-state index contributed by atoms with van der Waals surface area (Å²) >= 11 is 1.78. The van der Waals surface area contributed by atoms with Crippen LogP contribution in [0.3, 0.4) is 0 Å². The molecule has 60 heavy (non-hydrogen) atoms. The Balaban J connectivity index is 1.12. The molecule has 0 spiro atoms. The molecule has 0 atom stereocenters. The lowest BCUT2D eigenvalue weighted by Crippen LogP contribution is -2.02. The zero-order chi connectivity index (χ0) is 39.6. The minimum Gasteiger partial charge on any atom is -0.318 e. The molecule has 0 radical (unpaired) electrons. The fourth-order valence-electron chi connectivity index (χ4n) is 9.97. The Hall–Kier alpha value is -8.16. The first-order valence-electron chi connectivity index (χ1n) is 19.9. The van der Waals surface area contributed by atoms with E-state index < -0.39 is 0 Å². The van der Waals surface area contributed by atoms with Gasteiger partial charge in [0.1, 0.15) is 6.07 Å². The van der Waals surface area contributed by atoms with Crippen LogP contribution >= 0.6 is 11.3 Å². The molecule has 0 N–H and O–H groups in total. The number of rotatable bonds is 3. The van der Waals surface area contributed by atoms with Crippen LogP contribution in [0.25, 0.3) is 118 Å². The molecule has 4 heterocycles. The molecule has 276 valence electrons. The van der Waals surface area contributed by atoms with Gasteiger partial charge in [-0.2, -0.15) is 5.26 Å². The van der Waals surface area contributed by atoms with Gasteiger partial charge in [0.25, 0.3) is 0 Å². The number of aromatic nitrogens is 3. The highest BCUT2D eigenvalue weighted by Crippen LogP contribution is 2.46. The van der Waals surface area contributed by atoms with Crippen LogP contribution in [0.5, 0.6) is 0 Å². The van der Waals surface area contributed by atoms with Gasteiger partial charge in [-0.25, -0.2) is 4.85 Å². The number of hydrogen-bond acceptors (Lipinski definition) is 2. The molecule has 13 rings (SSSR count). The summed E-state index contributed by atoms with van der Waals surface area (Å²) in [5.74, 6) is 0. The van der Waals surface area contributed by atoms with Crippen molar-refractivity contribution in [3.63, 3.8) is 0 Å². The molecule has 0 bridgehead atoms. The average molecular weight is 780 g/mol. The quantitative estimate of drug-likeness (QED) is 0.165. The molecule has 0 fully saturated rings. The normalized spacial score (nSPS) is 12.0. The maximum absolute atomic E-state index is 11.1. The van der Waals surface area contributed by atoms with Crippen molar-refractivity contribution >= 4 is 113 Å². The highest BCUT2D eigenvalue weighted by Gasteiger charge is 2.24. The van der Waals surface area contributed by atoms with E-state index in [2.05, 4.69) is 182 Å². The molecular formula is C54H29N5S. The summed E-state index contributed by atoms with van der Waals surface area (Å²) < 4.78 is 9.15. The van der Waals surface area contributed by atoms with Gasteiger partial charge in [-0.15, -0.1) is 11.3 Å². The molecule has 5 nitrogen and oxygen atoms in total. The zero-order valence-electron chi connectivity index (χ0n) is 31.9. The van der Waals surface area contributed by atoms with Gasteiger partial charge in [0.05, 0.1) is 61.3 Å². The van der Waals surface area contributed by atoms with E-state index in [-0.39, 0.29) is 0 Å². The lowest BCUT2D eigenvalue weighted by molar-refractivity contribution is 1.14. The lowest BCUT2D eigenvalue weighted by atomic mass is 10.0. The Morgan fingerprint density at radius 3 is 1.80 bits per heavy atom. The van der Waals surface area contributed by atoms with Crippen LogP contribution in [0, 0.1) is 17.9 Å². The van der Waals surface area contributed by atoms with Crippen LogP contribution < -0.4 is 0 Å². The van der Waals surface area contributed by atoms with Crippen LogP contribution in [0.1, 0.15) is 5.56 Å². The predicted octanol–water partition coefficient (Wildman–Crippen LogP) is 14.9. The van der Waals surface area contributed by atoms with Crippen molar-refractivity contribution in [3.8, 4) is 23.1 Å². The zero-order valence-corrected chi connectivity index (χ0v) is 32.7. The first-order chi connectivity index (χ1) is 29.7. The summed E-state index contributed by atoms with van der Waals surface area (Å²) in [5, 5.41) is 22.7. The third-order valence-electron chi connectivity index (χ3n) is 12.5. The molecule has 0 aliphatic carbocycles. The number of thiophene rings is 1. The van der Waals surface area contributed by atoms with E-state index in [4.69, 9.17) is 6.57 Å². The van der Waals surface area contributed by atoms with E-state index in [0.717, 1.165) is 75.8 Å². The van der Waals surface area contributed by atoms with Gasteiger partial charge in [-0.1, -0.05) is 115 Å². The molecule has 0 aliphatic heterocycles. The van der Waals surface area contributed by atoms with Crippen molar-refractivity contribution in [2.24, 2.45) is 0 Å². The monoisotopic (exact) mass is 779 g/mol. The van der Waals surface area contributed by atoms with Crippen LogP contribution in [0.15, 0.2) is 176 Å². The Kier molecular flexibility index (Phi) is 6.67. The number of fused-ring (bicyclic) bond motifs is 15. The van der Waals surface area contributed by atoms with E-state index in [1.807, 2.05) is 18.2 Å². The first-order valence-corrected chi connectivity index (χ1v) is 20.8. The molecule has 0 saturated heterocycles. The molecule has 0 aliphatic rings. The highest BCUT2D eigenvalue weighted by molar-refractivity contribution is 7.26. The van der Waals surface area contributed by atoms with Gasteiger partial charge in [0, 0.05) is 53.5 Å². The Morgan fingerprint density at radius 2 is 1.07 bits per heavy atom. The molecule has 0 saturated carbocycles. The van der Waals surface area contributed by atoms with Crippen LogP contribution in [0.2, 0.25) is 0 Å². The predicted molar refractivity (Wildman–Crippen MR) is 251 cm³/mol. The van der Waals surface area contributed by atoms with E-state index >= 15 is 0 Å². The number of nitriles is 1. The van der Waals surface area contributed by atoms with Gasteiger partial charge in [0.2, 0.25) is 5.69 Å². The summed E-state index contributed by atoms with van der Waals surface area (Å²) in [4.78, 5) is 4.23. The fourth-order valence-corrected chi connectivity index (χ4v) is 11.2. The molecule has 6 heteroatoms. The average Bonchev–Trinajstić information content (AvgIpc) is 4.05. The summed E-state index contributed by atoms with van der Waals surface area (Å²) in [6, 6.07) is 64.5. The van der Waals surface area contributed by atoms with E-state index in [1.54, 1.807) is 11.3 Å². The summed E-state index contributed by atoms with van der Waals surface area (Å²) in [6.07, 6.45) is 0. The fraction of sp³-hybridized carbons (Fsp3) is 0. The minimum atomic E-state index is 0.474. The van der Waals surface area contributed by atoms with Gasteiger partial charge in [-0.3, -0.25) is 0 Å². The highest BCUT2D eigenvalue weighted by atomic mass is 32.1. The standard InChI is InChI=1S/C54H29N5S/c1-56-43-30-49(33(31-55)28-50(43)59-46-20-10-6-16-38(46)40-24-25-41-39-17-7-11-21-51(39)60-54(41)53(40)59)58-47-27-23-34(29-42(47)52-35-13-3-2-12-32(35)22-26-48(52)58)57-44-18-8-4-14-36(44)37-15-5-9-19-45(37)57/h2-30H. The van der Waals surface area contributed by atoms with E-state index in [0.29, 0.717) is 22.6 Å². The second-order valence-electron chi connectivity index (χ2n) is 15.5. The van der Waals surface area contributed by atoms with Crippen LogP contribution in [0.4, 0.5) is 5.69 Å². The maximum Gasteiger partial charge on any atom is 0.212 e. The Morgan fingerprint density at radius 1 is 0.467 bits per heavy atom. The molecule has 9 aromatic carbocycles. The van der Waals surface area contributed by atoms with Crippen molar-refractivity contribution in [2.75, 3.05) is 0 Å². The summed E-state index contributed by atoms with van der Waals surface area (Å²) in [6.45, 7) is 8.70. The SMILES string of the molecule is [C-]#[N+]c1cc(-n2c3ccc(-n4c5ccccc5c5ccccc54)cc3c3c4ccccc4ccc32)c(C#N)cc1-n1c2ccccc2c2ccc3c4ccccc4sc3c21. The number of para-hydroxylation sites is 3.